The summed E-state index contributed by atoms with van der Waals surface area (Å²) in [6, 6.07) is 14.1. The molecule has 3 rings (SSSR count). The third-order valence-electron chi connectivity index (χ3n) is 5.96. The molecular weight excluding hydrogens is 434 g/mol. The quantitative estimate of drug-likeness (QED) is 0.414. The van der Waals surface area contributed by atoms with Gasteiger partial charge in [-0.3, -0.25) is 14.5 Å². The number of hydrogen-bond acceptors (Lipinski definition) is 5. The number of morpholine rings is 1. The van der Waals surface area contributed by atoms with E-state index in [4.69, 9.17) is 4.74 Å². The Kier molecular flexibility index (Phi) is 10.9. The lowest BCUT2D eigenvalue weighted by atomic mass is 10.2. The highest BCUT2D eigenvalue weighted by molar-refractivity contribution is 7.09. The molecule has 1 saturated heterocycles. The fourth-order valence-corrected chi connectivity index (χ4v) is 4.67. The Bertz CT molecular complexity index is 823. The molecule has 180 valence electrons. The van der Waals surface area contributed by atoms with Gasteiger partial charge in [0.05, 0.1) is 26.3 Å². The topological polar surface area (TPSA) is 53.1 Å². The molecule has 0 N–H and O–H groups in total. The average molecular weight is 472 g/mol. The first kappa shape index (κ1) is 25.4. The summed E-state index contributed by atoms with van der Waals surface area (Å²) in [5, 5.41) is 2.03. The third kappa shape index (κ3) is 8.91. The van der Waals surface area contributed by atoms with E-state index in [1.54, 1.807) is 16.2 Å². The number of nitrogens with zero attached hydrogens (tertiary/aromatic N) is 3. The van der Waals surface area contributed by atoms with Crippen molar-refractivity contribution in [3.8, 4) is 0 Å². The second kappa shape index (κ2) is 14.1. The summed E-state index contributed by atoms with van der Waals surface area (Å²) in [4.78, 5) is 33.6. The van der Waals surface area contributed by atoms with Crippen LogP contribution in [0, 0.1) is 0 Å². The molecule has 0 aliphatic carbocycles. The minimum Gasteiger partial charge on any atom is -0.379 e. The normalized spacial score (nSPS) is 14.2. The lowest BCUT2D eigenvalue weighted by molar-refractivity contribution is -0.141. The smallest absolute Gasteiger partial charge is 0.242 e. The van der Waals surface area contributed by atoms with Crippen LogP contribution in [0.1, 0.15) is 43.0 Å². The molecule has 1 aliphatic heterocycles. The fourth-order valence-electron chi connectivity index (χ4n) is 3.95. The zero-order chi connectivity index (χ0) is 23.3. The van der Waals surface area contributed by atoms with Crippen molar-refractivity contribution < 1.29 is 14.3 Å². The van der Waals surface area contributed by atoms with E-state index in [2.05, 4.69) is 17.9 Å². The molecule has 2 aromatic rings. The molecule has 2 amide bonds. The SMILES string of the molecule is CCCCCC(=O)N(CCN1CCOCC1)CC(=O)N(Cc1ccccc1)Cc1cccs1. The maximum Gasteiger partial charge on any atom is 0.242 e. The Morgan fingerprint density at radius 2 is 1.76 bits per heavy atom. The standard InChI is InChI=1S/C26H37N3O3S/c1-2-3-5-12-25(30)28(14-13-27-15-17-32-18-16-27)22-26(31)29(21-24-11-8-19-33-24)20-23-9-6-4-7-10-23/h4,6-11,19H,2-3,5,12-18,20-22H2,1H3. The van der Waals surface area contributed by atoms with E-state index in [0.29, 0.717) is 26.1 Å². The van der Waals surface area contributed by atoms with E-state index < -0.39 is 0 Å². The number of unbranched alkanes of at least 4 members (excludes halogenated alkanes) is 2. The van der Waals surface area contributed by atoms with Crippen LogP contribution in [0.3, 0.4) is 0 Å². The van der Waals surface area contributed by atoms with Crippen molar-refractivity contribution >= 4 is 23.2 Å². The van der Waals surface area contributed by atoms with Crippen molar-refractivity contribution in [3.05, 3.63) is 58.3 Å². The van der Waals surface area contributed by atoms with Gasteiger partial charge < -0.3 is 14.5 Å². The minimum atomic E-state index is -0.00179. The van der Waals surface area contributed by atoms with Crippen LogP contribution in [0.2, 0.25) is 0 Å². The van der Waals surface area contributed by atoms with Gasteiger partial charge in [-0.15, -0.1) is 11.3 Å². The molecule has 0 radical (unpaired) electrons. The van der Waals surface area contributed by atoms with Gasteiger partial charge in [-0.1, -0.05) is 56.2 Å². The highest BCUT2D eigenvalue weighted by atomic mass is 32.1. The first-order valence-electron chi connectivity index (χ1n) is 12.1. The first-order valence-corrected chi connectivity index (χ1v) is 13.0. The van der Waals surface area contributed by atoms with Crippen LogP contribution < -0.4 is 0 Å². The molecule has 0 spiro atoms. The van der Waals surface area contributed by atoms with Crippen LogP contribution >= 0.6 is 11.3 Å². The van der Waals surface area contributed by atoms with Crippen LogP contribution in [0.15, 0.2) is 47.8 Å². The number of carbonyl (C=O) groups is 2. The molecule has 6 nitrogen and oxygen atoms in total. The molecule has 0 saturated carbocycles. The Balaban J connectivity index is 1.67. The number of benzene rings is 1. The molecule has 7 heteroatoms. The molecule has 0 bridgehead atoms. The first-order chi connectivity index (χ1) is 16.2. The van der Waals surface area contributed by atoms with E-state index in [-0.39, 0.29) is 18.4 Å². The maximum atomic E-state index is 13.5. The van der Waals surface area contributed by atoms with E-state index in [1.165, 1.54) is 0 Å². The molecular formula is C26H37N3O3S. The van der Waals surface area contributed by atoms with Crippen molar-refractivity contribution in [1.29, 1.82) is 0 Å². The van der Waals surface area contributed by atoms with E-state index in [1.807, 2.05) is 46.7 Å². The van der Waals surface area contributed by atoms with Gasteiger partial charge in [-0.05, 0) is 23.4 Å². The second-order valence-corrected chi connectivity index (χ2v) is 9.57. The summed E-state index contributed by atoms with van der Waals surface area (Å²) < 4.78 is 5.44. The number of rotatable bonds is 13. The predicted octanol–water partition coefficient (Wildman–Crippen LogP) is 4.02. The third-order valence-corrected chi connectivity index (χ3v) is 6.82. The summed E-state index contributed by atoms with van der Waals surface area (Å²) in [7, 11) is 0. The van der Waals surface area contributed by atoms with Crippen LogP contribution in [0.25, 0.3) is 0 Å². The predicted molar refractivity (Wildman–Crippen MR) is 133 cm³/mol. The van der Waals surface area contributed by atoms with E-state index >= 15 is 0 Å². The summed E-state index contributed by atoms with van der Waals surface area (Å²) in [5.41, 5.74) is 1.09. The van der Waals surface area contributed by atoms with Crippen molar-refractivity contribution in [1.82, 2.24) is 14.7 Å². The summed E-state index contributed by atoms with van der Waals surface area (Å²) in [6.07, 6.45) is 3.50. The number of carbonyl (C=O) groups excluding carboxylic acids is 2. The number of amides is 2. The van der Waals surface area contributed by atoms with Crippen molar-refractivity contribution in [2.45, 2.75) is 45.7 Å². The molecule has 1 aliphatic rings. The molecule has 0 unspecified atom stereocenters. The van der Waals surface area contributed by atoms with Crippen LogP contribution in [0.4, 0.5) is 0 Å². The van der Waals surface area contributed by atoms with Crippen LogP contribution in [-0.4, -0.2) is 72.5 Å². The molecule has 2 heterocycles. The second-order valence-electron chi connectivity index (χ2n) is 8.54. The van der Waals surface area contributed by atoms with E-state index in [0.717, 1.165) is 62.6 Å². The minimum absolute atomic E-state index is 0.00179. The Hall–Kier alpha value is -2.22. The molecule has 0 atom stereocenters. The number of hydrogen-bond donors (Lipinski definition) is 0. The summed E-state index contributed by atoms with van der Waals surface area (Å²) >= 11 is 1.65. The lowest BCUT2D eigenvalue weighted by Crippen LogP contribution is -2.47. The van der Waals surface area contributed by atoms with Gasteiger partial charge in [-0.2, -0.15) is 0 Å². The van der Waals surface area contributed by atoms with Gasteiger partial charge >= 0.3 is 0 Å². The van der Waals surface area contributed by atoms with Gasteiger partial charge in [0.1, 0.15) is 0 Å². The van der Waals surface area contributed by atoms with Crippen LogP contribution in [-0.2, 0) is 27.4 Å². The number of ether oxygens (including phenoxy) is 1. The molecule has 1 aromatic heterocycles. The van der Waals surface area contributed by atoms with Crippen molar-refractivity contribution in [2.24, 2.45) is 0 Å². The largest absolute Gasteiger partial charge is 0.379 e. The van der Waals surface area contributed by atoms with Crippen molar-refractivity contribution in [2.75, 3.05) is 45.9 Å². The van der Waals surface area contributed by atoms with Gasteiger partial charge in [0.15, 0.2) is 0 Å². The van der Waals surface area contributed by atoms with Gasteiger partial charge in [0.25, 0.3) is 0 Å². The Morgan fingerprint density at radius 3 is 2.45 bits per heavy atom. The Labute approximate surface area is 202 Å². The summed E-state index contributed by atoms with van der Waals surface area (Å²) in [5.74, 6) is 0.0823. The Morgan fingerprint density at radius 1 is 0.970 bits per heavy atom. The zero-order valence-electron chi connectivity index (χ0n) is 19.8. The van der Waals surface area contributed by atoms with E-state index in [9.17, 15) is 9.59 Å². The highest BCUT2D eigenvalue weighted by Gasteiger charge is 2.23. The molecule has 1 fully saturated rings. The van der Waals surface area contributed by atoms with Gasteiger partial charge in [0.2, 0.25) is 11.8 Å². The fraction of sp³-hybridized carbons (Fsp3) is 0.538. The lowest BCUT2D eigenvalue weighted by Gasteiger charge is -2.31. The average Bonchev–Trinajstić information content (AvgIpc) is 3.36. The monoisotopic (exact) mass is 471 g/mol. The zero-order valence-corrected chi connectivity index (χ0v) is 20.6. The maximum absolute atomic E-state index is 13.5. The summed E-state index contributed by atoms with van der Waals surface area (Å²) in [6.45, 7) is 7.95. The van der Waals surface area contributed by atoms with Gasteiger partial charge in [-0.25, -0.2) is 0 Å². The highest BCUT2D eigenvalue weighted by Crippen LogP contribution is 2.16. The van der Waals surface area contributed by atoms with Crippen LogP contribution in [0.5, 0.6) is 0 Å². The molecule has 33 heavy (non-hydrogen) atoms. The number of thiophene rings is 1. The van der Waals surface area contributed by atoms with Crippen molar-refractivity contribution in [3.63, 3.8) is 0 Å². The van der Waals surface area contributed by atoms with Gasteiger partial charge in [0, 0.05) is 44.0 Å². The molecule has 1 aromatic carbocycles.